The zero-order chi connectivity index (χ0) is 9.19. The Labute approximate surface area is 104 Å². The van der Waals surface area contributed by atoms with E-state index in [1.54, 1.807) is 12.1 Å². The van der Waals surface area contributed by atoms with Gasteiger partial charge in [0, 0.05) is 5.02 Å². The molecule has 0 spiro atoms. The molecule has 0 aliphatic heterocycles. The van der Waals surface area contributed by atoms with Crippen molar-refractivity contribution < 1.29 is 42.5 Å². The Morgan fingerprint density at radius 1 is 1.23 bits per heavy atom. The monoisotopic (exact) mass is 228 g/mol. The molecule has 0 saturated heterocycles. The molecule has 0 saturated carbocycles. The molecule has 66 valence electrons. The Balaban J connectivity index is 0.00000144. The standard InChI is InChI=1S/C7H7ClO3S.Na/c8-7-3-1-6(2-4-7)5-12(9,10)11;/h1-4H,5H2,(H,9,10,11);/q;+1/p-1. The van der Waals surface area contributed by atoms with Crippen molar-refractivity contribution in [2.24, 2.45) is 0 Å². The number of rotatable bonds is 2. The summed E-state index contributed by atoms with van der Waals surface area (Å²) in [7, 11) is -4.18. The van der Waals surface area contributed by atoms with Gasteiger partial charge in [0.2, 0.25) is 0 Å². The molecule has 0 N–H and O–H groups in total. The quantitative estimate of drug-likeness (QED) is 0.452. The zero-order valence-corrected chi connectivity index (χ0v) is 10.6. The maximum Gasteiger partial charge on any atom is 1.00 e. The second kappa shape index (κ2) is 5.34. The first-order chi connectivity index (χ1) is 5.47. The van der Waals surface area contributed by atoms with Crippen LogP contribution in [0.4, 0.5) is 0 Å². The molecule has 3 nitrogen and oxygen atoms in total. The van der Waals surface area contributed by atoms with E-state index >= 15 is 0 Å². The van der Waals surface area contributed by atoms with E-state index in [1.807, 2.05) is 0 Å². The molecule has 1 aromatic carbocycles. The SMILES string of the molecule is O=S(=O)([O-])Cc1ccc(Cl)cc1.[Na+]. The largest absolute Gasteiger partial charge is 1.00 e. The van der Waals surface area contributed by atoms with Gasteiger partial charge in [0.15, 0.2) is 0 Å². The van der Waals surface area contributed by atoms with Crippen LogP contribution in [0.2, 0.25) is 5.02 Å². The average Bonchev–Trinajstić information content (AvgIpc) is 1.91. The van der Waals surface area contributed by atoms with Crippen molar-refractivity contribution in [3.63, 3.8) is 0 Å². The van der Waals surface area contributed by atoms with Gasteiger partial charge in [0.05, 0.1) is 15.9 Å². The first kappa shape index (κ1) is 13.4. The van der Waals surface area contributed by atoms with Gasteiger partial charge in [-0.15, -0.1) is 0 Å². The van der Waals surface area contributed by atoms with E-state index in [-0.39, 0.29) is 29.6 Å². The minimum Gasteiger partial charge on any atom is -0.748 e. The molecule has 0 aromatic heterocycles. The first-order valence-corrected chi connectivity index (χ1v) is 5.11. The summed E-state index contributed by atoms with van der Waals surface area (Å²) >= 11 is 5.56. The van der Waals surface area contributed by atoms with Gasteiger partial charge in [0.25, 0.3) is 0 Å². The molecule has 0 fully saturated rings. The van der Waals surface area contributed by atoms with Crippen molar-refractivity contribution in [2.75, 3.05) is 0 Å². The summed E-state index contributed by atoms with van der Waals surface area (Å²) in [6.07, 6.45) is 0. The molecule has 0 amide bonds. The van der Waals surface area contributed by atoms with E-state index in [0.717, 1.165) is 0 Å². The summed E-state index contributed by atoms with van der Waals surface area (Å²) in [4.78, 5) is 0. The van der Waals surface area contributed by atoms with Crippen molar-refractivity contribution in [3.05, 3.63) is 34.9 Å². The fraction of sp³-hybridized carbons (Fsp3) is 0.143. The predicted molar refractivity (Wildman–Crippen MR) is 44.9 cm³/mol. The molecule has 13 heavy (non-hydrogen) atoms. The molecule has 0 bridgehead atoms. The fourth-order valence-corrected chi connectivity index (χ4v) is 1.51. The molecule has 0 atom stereocenters. The van der Waals surface area contributed by atoms with Crippen molar-refractivity contribution in [1.82, 2.24) is 0 Å². The maximum absolute atomic E-state index is 10.3. The van der Waals surface area contributed by atoms with E-state index in [4.69, 9.17) is 11.6 Å². The van der Waals surface area contributed by atoms with Gasteiger partial charge in [-0.2, -0.15) is 0 Å². The molecule has 0 unspecified atom stereocenters. The number of hydrogen-bond donors (Lipinski definition) is 0. The predicted octanol–water partition coefficient (Wildman–Crippen LogP) is -1.61. The van der Waals surface area contributed by atoms with Crippen LogP contribution in [0, 0.1) is 0 Å². The van der Waals surface area contributed by atoms with Gasteiger partial charge in [-0.25, -0.2) is 8.42 Å². The van der Waals surface area contributed by atoms with Crippen LogP contribution in [-0.4, -0.2) is 13.0 Å². The van der Waals surface area contributed by atoms with E-state index < -0.39 is 15.9 Å². The van der Waals surface area contributed by atoms with Gasteiger partial charge in [0.1, 0.15) is 0 Å². The van der Waals surface area contributed by atoms with E-state index in [9.17, 15) is 13.0 Å². The maximum atomic E-state index is 10.3. The van der Waals surface area contributed by atoms with Crippen molar-refractivity contribution in [3.8, 4) is 0 Å². The number of benzene rings is 1. The van der Waals surface area contributed by atoms with Crippen LogP contribution in [0.25, 0.3) is 0 Å². The zero-order valence-electron chi connectivity index (χ0n) is 7.03. The smallest absolute Gasteiger partial charge is 0.748 e. The summed E-state index contributed by atoms with van der Waals surface area (Å²) in [5, 5.41) is 0.516. The van der Waals surface area contributed by atoms with Crippen LogP contribution in [0.3, 0.4) is 0 Å². The summed E-state index contributed by atoms with van der Waals surface area (Å²) in [5.41, 5.74) is 0.453. The summed E-state index contributed by atoms with van der Waals surface area (Å²) < 4.78 is 30.9. The molecule has 1 rings (SSSR count). The number of hydrogen-bond acceptors (Lipinski definition) is 3. The Kier molecular flexibility index (Phi) is 5.51. The van der Waals surface area contributed by atoms with Gasteiger partial charge in [-0.05, 0) is 17.7 Å². The molecule has 1 aromatic rings. The van der Waals surface area contributed by atoms with E-state index in [2.05, 4.69) is 0 Å². The van der Waals surface area contributed by atoms with Crippen LogP contribution in [0.1, 0.15) is 5.56 Å². The van der Waals surface area contributed by atoms with Gasteiger partial charge in [-0.1, -0.05) is 23.7 Å². The van der Waals surface area contributed by atoms with Crippen molar-refractivity contribution in [1.29, 1.82) is 0 Å². The fourth-order valence-electron chi connectivity index (χ4n) is 0.785. The van der Waals surface area contributed by atoms with Crippen LogP contribution < -0.4 is 29.6 Å². The molecule has 0 aliphatic carbocycles. The number of halogens is 1. The third-order valence-electron chi connectivity index (χ3n) is 1.26. The van der Waals surface area contributed by atoms with Crippen LogP contribution in [0.5, 0.6) is 0 Å². The summed E-state index contributed by atoms with van der Waals surface area (Å²) in [5.74, 6) is -0.482. The molecule has 6 heteroatoms. The minimum atomic E-state index is -4.18. The van der Waals surface area contributed by atoms with Gasteiger partial charge >= 0.3 is 29.6 Å². The molecule has 0 heterocycles. The molecule has 0 radical (unpaired) electrons. The van der Waals surface area contributed by atoms with Crippen molar-refractivity contribution >= 4 is 21.7 Å². The second-order valence-electron chi connectivity index (χ2n) is 2.33. The normalized spacial score (nSPS) is 10.6. The third-order valence-corrected chi connectivity index (χ3v) is 2.20. The average molecular weight is 229 g/mol. The van der Waals surface area contributed by atoms with E-state index in [1.165, 1.54) is 12.1 Å². The second-order valence-corrected chi connectivity index (χ2v) is 4.17. The molecule has 0 aliphatic rings. The topological polar surface area (TPSA) is 57.2 Å². The minimum absolute atomic E-state index is 0. The Morgan fingerprint density at radius 3 is 2.08 bits per heavy atom. The van der Waals surface area contributed by atoms with Crippen molar-refractivity contribution in [2.45, 2.75) is 5.75 Å². The van der Waals surface area contributed by atoms with Crippen LogP contribution in [0.15, 0.2) is 24.3 Å². The Bertz CT molecular complexity index is 360. The summed E-state index contributed by atoms with van der Waals surface area (Å²) in [6.45, 7) is 0. The Hall–Kier alpha value is 0.420. The van der Waals surface area contributed by atoms with Gasteiger partial charge in [-0.3, -0.25) is 0 Å². The van der Waals surface area contributed by atoms with Crippen LogP contribution in [-0.2, 0) is 15.9 Å². The summed E-state index contributed by atoms with van der Waals surface area (Å²) in [6, 6.07) is 6.11. The van der Waals surface area contributed by atoms with Crippen LogP contribution >= 0.6 is 11.6 Å². The van der Waals surface area contributed by atoms with Gasteiger partial charge < -0.3 is 4.55 Å². The Morgan fingerprint density at radius 2 is 1.69 bits per heavy atom. The van der Waals surface area contributed by atoms with E-state index in [0.29, 0.717) is 10.6 Å². The molecular formula is C7H6ClNaO3S. The molecular weight excluding hydrogens is 223 g/mol. The third kappa shape index (κ3) is 5.67. The first-order valence-electron chi connectivity index (χ1n) is 3.15.